The smallest absolute Gasteiger partial charge is 0.336 e. The second-order valence-electron chi connectivity index (χ2n) is 4.39. The molecule has 1 N–H and O–H groups in total. The summed E-state index contributed by atoms with van der Waals surface area (Å²) in [7, 11) is 0. The van der Waals surface area contributed by atoms with E-state index in [9.17, 15) is 9.59 Å². The number of benzene rings is 1. The number of aryl methyl sites for hydroxylation is 1. The molecule has 3 aromatic rings. The molecule has 4 nitrogen and oxygen atoms in total. The van der Waals surface area contributed by atoms with E-state index in [0.717, 1.165) is 10.9 Å². The van der Waals surface area contributed by atoms with Gasteiger partial charge in [-0.1, -0.05) is 6.07 Å². The normalized spacial score (nSPS) is 10.7. The summed E-state index contributed by atoms with van der Waals surface area (Å²) in [6, 6.07) is 10.3. The fraction of sp³-hybridized carbons (Fsp3) is 0.0667. The number of amides is 1. The molecule has 20 heavy (non-hydrogen) atoms. The van der Waals surface area contributed by atoms with Crippen molar-refractivity contribution in [2.75, 3.05) is 5.32 Å². The van der Waals surface area contributed by atoms with Gasteiger partial charge in [-0.15, -0.1) is 11.3 Å². The molecule has 0 spiro atoms. The van der Waals surface area contributed by atoms with Gasteiger partial charge in [0.25, 0.3) is 5.91 Å². The Kier molecular flexibility index (Phi) is 3.12. The van der Waals surface area contributed by atoms with Crippen molar-refractivity contribution in [3.05, 3.63) is 62.6 Å². The highest BCUT2D eigenvalue weighted by Gasteiger charge is 2.08. The van der Waals surface area contributed by atoms with E-state index in [2.05, 4.69) is 5.32 Å². The minimum atomic E-state index is -0.392. The van der Waals surface area contributed by atoms with E-state index >= 15 is 0 Å². The van der Waals surface area contributed by atoms with Gasteiger partial charge in [0.1, 0.15) is 5.58 Å². The number of rotatable bonds is 2. The predicted octanol–water partition coefficient (Wildman–Crippen LogP) is 3.42. The number of hydrogen-bond acceptors (Lipinski definition) is 4. The van der Waals surface area contributed by atoms with Crippen molar-refractivity contribution in [1.29, 1.82) is 0 Å². The largest absolute Gasteiger partial charge is 0.423 e. The summed E-state index contributed by atoms with van der Waals surface area (Å²) in [5.74, 6) is -0.172. The zero-order chi connectivity index (χ0) is 14.1. The van der Waals surface area contributed by atoms with E-state index in [-0.39, 0.29) is 5.91 Å². The van der Waals surface area contributed by atoms with Gasteiger partial charge in [0.2, 0.25) is 0 Å². The third-order valence-corrected chi connectivity index (χ3v) is 3.82. The fourth-order valence-electron chi connectivity index (χ4n) is 2.00. The van der Waals surface area contributed by atoms with Crippen LogP contribution in [0.2, 0.25) is 0 Å². The van der Waals surface area contributed by atoms with Crippen molar-refractivity contribution in [2.24, 2.45) is 0 Å². The molecule has 0 atom stereocenters. The first-order valence-corrected chi connectivity index (χ1v) is 6.91. The summed E-state index contributed by atoms with van der Waals surface area (Å²) in [5, 5.41) is 5.49. The van der Waals surface area contributed by atoms with Crippen LogP contribution < -0.4 is 10.9 Å². The molecule has 0 unspecified atom stereocenters. The summed E-state index contributed by atoms with van der Waals surface area (Å²) in [5.41, 5.74) is 1.53. The third-order valence-electron chi connectivity index (χ3n) is 2.95. The molecular formula is C15H11NO3S. The lowest BCUT2D eigenvalue weighted by molar-refractivity contribution is 0.103. The fourth-order valence-corrected chi connectivity index (χ4v) is 2.62. The number of hydrogen-bond donors (Lipinski definition) is 1. The molecule has 0 radical (unpaired) electrons. The van der Waals surface area contributed by atoms with Crippen molar-refractivity contribution >= 4 is 33.9 Å². The molecule has 2 aromatic heterocycles. The Hall–Kier alpha value is -2.40. The quantitative estimate of drug-likeness (QED) is 0.734. The maximum absolute atomic E-state index is 12.0. The van der Waals surface area contributed by atoms with Crippen molar-refractivity contribution in [3.8, 4) is 0 Å². The highest BCUT2D eigenvalue weighted by molar-refractivity contribution is 7.12. The van der Waals surface area contributed by atoms with Gasteiger partial charge < -0.3 is 9.73 Å². The first kappa shape index (κ1) is 12.6. The molecule has 100 valence electrons. The lowest BCUT2D eigenvalue weighted by Gasteiger charge is -2.05. The van der Waals surface area contributed by atoms with Gasteiger partial charge in [-0.3, -0.25) is 4.79 Å². The Morgan fingerprint density at radius 3 is 2.85 bits per heavy atom. The summed E-state index contributed by atoms with van der Waals surface area (Å²) in [6.07, 6.45) is 0. The maximum atomic E-state index is 12.0. The van der Waals surface area contributed by atoms with Gasteiger partial charge in [-0.2, -0.15) is 0 Å². The van der Waals surface area contributed by atoms with Crippen LogP contribution in [-0.2, 0) is 0 Å². The number of carbonyl (C=O) groups is 1. The molecule has 0 bridgehead atoms. The minimum absolute atomic E-state index is 0.172. The SMILES string of the molecule is Cc1cc(=O)oc2cc(NC(=O)c3cccs3)ccc12. The second-order valence-corrected chi connectivity index (χ2v) is 5.34. The van der Waals surface area contributed by atoms with Crippen LogP contribution in [0.1, 0.15) is 15.2 Å². The van der Waals surface area contributed by atoms with Gasteiger partial charge in [-0.05, 0) is 36.1 Å². The highest BCUT2D eigenvalue weighted by Crippen LogP contribution is 2.21. The number of carbonyl (C=O) groups excluding carboxylic acids is 1. The Morgan fingerprint density at radius 1 is 1.25 bits per heavy atom. The first-order valence-electron chi connectivity index (χ1n) is 6.03. The Balaban J connectivity index is 1.97. The van der Waals surface area contributed by atoms with Gasteiger partial charge in [0, 0.05) is 23.2 Å². The van der Waals surface area contributed by atoms with E-state index in [4.69, 9.17) is 4.42 Å². The molecular weight excluding hydrogens is 274 g/mol. The van der Waals surface area contributed by atoms with Crippen LogP contribution in [-0.4, -0.2) is 5.91 Å². The molecule has 0 aliphatic carbocycles. The summed E-state index contributed by atoms with van der Waals surface area (Å²) < 4.78 is 5.15. The topological polar surface area (TPSA) is 59.3 Å². The Morgan fingerprint density at radius 2 is 2.10 bits per heavy atom. The monoisotopic (exact) mass is 285 g/mol. The minimum Gasteiger partial charge on any atom is -0.423 e. The van der Waals surface area contributed by atoms with Crippen LogP contribution in [0.5, 0.6) is 0 Å². The summed E-state index contributed by atoms with van der Waals surface area (Å²) in [6.45, 7) is 1.85. The zero-order valence-electron chi connectivity index (χ0n) is 10.7. The van der Waals surface area contributed by atoms with Gasteiger partial charge in [-0.25, -0.2) is 4.79 Å². The van der Waals surface area contributed by atoms with Crippen molar-refractivity contribution in [2.45, 2.75) is 6.92 Å². The number of nitrogens with one attached hydrogen (secondary N) is 1. The molecule has 0 saturated carbocycles. The van der Waals surface area contributed by atoms with E-state index in [1.807, 2.05) is 24.4 Å². The van der Waals surface area contributed by atoms with Crippen molar-refractivity contribution in [3.63, 3.8) is 0 Å². The first-order chi connectivity index (χ1) is 9.63. The van der Waals surface area contributed by atoms with Crippen LogP contribution in [0.4, 0.5) is 5.69 Å². The van der Waals surface area contributed by atoms with Gasteiger partial charge in [0.15, 0.2) is 0 Å². The van der Waals surface area contributed by atoms with Crippen LogP contribution in [0.15, 0.2) is 51.0 Å². The maximum Gasteiger partial charge on any atom is 0.336 e. The zero-order valence-corrected chi connectivity index (χ0v) is 11.5. The number of thiophene rings is 1. The van der Waals surface area contributed by atoms with Crippen molar-refractivity contribution in [1.82, 2.24) is 0 Å². The van der Waals surface area contributed by atoms with Crippen LogP contribution in [0.25, 0.3) is 11.0 Å². The highest BCUT2D eigenvalue weighted by atomic mass is 32.1. The molecule has 0 aliphatic heterocycles. The lowest BCUT2D eigenvalue weighted by Crippen LogP contribution is -2.10. The molecule has 0 saturated heterocycles. The number of fused-ring (bicyclic) bond motifs is 1. The molecule has 2 heterocycles. The molecule has 1 aromatic carbocycles. The average Bonchev–Trinajstić information content (AvgIpc) is 2.91. The lowest BCUT2D eigenvalue weighted by atomic mass is 10.1. The van der Waals surface area contributed by atoms with E-state index in [1.165, 1.54) is 17.4 Å². The van der Waals surface area contributed by atoms with Crippen LogP contribution >= 0.6 is 11.3 Å². The van der Waals surface area contributed by atoms with E-state index < -0.39 is 5.63 Å². The average molecular weight is 285 g/mol. The Bertz CT molecular complexity index is 834. The molecule has 1 amide bonds. The predicted molar refractivity (Wildman–Crippen MR) is 79.5 cm³/mol. The summed E-state index contributed by atoms with van der Waals surface area (Å²) >= 11 is 1.37. The van der Waals surface area contributed by atoms with Crippen LogP contribution in [0, 0.1) is 6.92 Å². The van der Waals surface area contributed by atoms with E-state index in [0.29, 0.717) is 16.1 Å². The van der Waals surface area contributed by atoms with Gasteiger partial charge in [0.05, 0.1) is 4.88 Å². The number of anilines is 1. The molecule has 0 fully saturated rings. The summed E-state index contributed by atoms with van der Waals surface area (Å²) in [4.78, 5) is 24.0. The van der Waals surface area contributed by atoms with Crippen LogP contribution in [0.3, 0.4) is 0 Å². The second kappa shape index (κ2) is 4.94. The third kappa shape index (κ3) is 2.35. The molecule has 5 heteroatoms. The van der Waals surface area contributed by atoms with E-state index in [1.54, 1.807) is 18.2 Å². The molecule has 3 rings (SSSR count). The van der Waals surface area contributed by atoms with Gasteiger partial charge >= 0.3 is 5.63 Å². The Labute approximate surface area is 118 Å². The van der Waals surface area contributed by atoms with Crippen molar-refractivity contribution < 1.29 is 9.21 Å². The molecule has 0 aliphatic rings. The standard InChI is InChI=1S/C15H11NO3S/c1-9-7-14(17)19-12-8-10(4-5-11(9)12)16-15(18)13-3-2-6-20-13/h2-8H,1H3,(H,16,18).